The summed E-state index contributed by atoms with van der Waals surface area (Å²) in [7, 11) is 0. The number of nitrogens with two attached hydrogens (primary N) is 1. The van der Waals surface area contributed by atoms with Crippen LogP contribution in [0.2, 0.25) is 0 Å². The monoisotopic (exact) mass is 434 g/mol. The highest BCUT2D eigenvalue weighted by Crippen LogP contribution is 2.19. The molecule has 6 N–H and O–H groups in total. The molecule has 0 aromatic heterocycles. The van der Waals surface area contributed by atoms with E-state index in [0.717, 1.165) is 5.56 Å². The zero-order valence-corrected chi connectivity index (χ0v) is 16.8. The van der Waals surface area contributed by atoms with Crippen LogP contribution in [0.4, 0.5) is 0 Å². The number of carboxylic acids is 2. The van der Waals surface area contributed by atoms with E-state index in [2.05, 4.69) is 10.6 Å². The highest BCUT2D eigenvalue weighted by Gasteiger charge is 2.38. The summed E-state index contributed by atoms with van der Waals surface area (Å²) in [5.74, 6) is -4.59. The summed E-state index contributed by atoms with van der Waals surface area (Å²) in [6.45, 7) is -0.410. The number of carbonyl (C=O) groups excluding carboxylic acids is 3. The molecule has 0 saturated carbocycles. The lowest BCUT2D eigenvalue weighted by Gasteiger charge is -2.28. The van der Waals surface area contributed by atoms with Gasteiger partial charge in [0.25, 0.3) is 0 Å². The van der Waals surface area contributed by atoms with Crippen LogP contribution in [0.5, 0.6) is 0 Å². The first-order chi connectivity index (χ1) is 14.7. The summed E-state index contributed by atoms with van der Waals surface area (Å²) in [5, 5.41) is 22.5. The van der Waals surface area contributed by atoms with Crippen LogP contribution in [-0.4, -0.2) is 76.0 Å². The van der Waals surface area contributed by atoms with Crippen molar-refractivity contribution in [2.75, 3.05) is 13.1 Å². The van der Waals surface area contributed by atoms with Crippen LogP contribution < -0.4 is 16.4 Å². The second-order valence-electron chi connectivity index (χ2n) is 7.26. The topological polar surface area (TPSA) is 179 Å². The zero-order valence-electron chi connectivity index (χ0n) is 16.8. The largest absolute Gasteiger partial charge is 0.481 e. The molecule has 2 rings (SSSR count). The summed E-state index contributed by atoms with van der Waals surface area (Å²) in [6, 6.07) is 5.64. The van der Waals surface area contributed by atoms with Crippen molar-refractivity contribution < 1.29 is 34.2 Å². The van der Waals surface area contributed by atoms with Gasteiger partial charge in [-0.2, -0.15) is 0 Å². The van der Waals surface area contributed by atoms with Gasteiger partial charge < -0.3 is 31.5 Å². The maximum Gasteiger partial charge on any atom is 0.322 e. The van der Waals surface area contributed by atoms with Gasteiger partial charge in [0.2, 0.25) is 17.7 Å². The Hall–Kier alpha value is -3.47. The predicted octanol–water partition coefficient (Wildman–Crippen LogP) is -1.29. The molecule has 1 heterocycles. The van der Waals surface area contributed by atoms with Crippen molar-refractivity contribution in [3.63, 3.8) is 0 Å². The van der Waals surface area contributed by atoms with Gasteiger partial charge in [-0.05, 0) is 24.8 Å². The van der Waals surface area contributed by atoms with Crippen molar-refractivity contribution in [1.82, 2.24) is 15.5 Å². The number of hydrogen-bond donors (Lipinski definition) is 5. The summed E-state index contributed by atoms with van der Waals surface area (Å²) in [4.78, 5) is 60.8. The molecular formula is C20H26N4O7. The SMILES string of the molecule is NC(Cc1ccccc1)C(=O)NC(CC(=O)O)C(=O)N1CCCC1C(=O)NCC(=O)O. The number of carbonyl (C=O) groups is 5. The molecule has 11 heteroatoms. The molecule has 1 saturated heterocycles. The summed E-state index contributed by atoms with van der Waals surface area (Å²) in [6.07, 6.45) is 0.309. The van der Waals surface area contributed by atoms with Gasteiger partial charge in [-0.3, -0.25) is 24.0 Å². The smallest absolute Gasteiger partial charge is 0.322 e. The van der Waals surface area contributed by atoms with Crippen molar-refractivity contribution in [3.8, 4) is 0 Å². The second-order valence-corrected chi connectivity index (χ2v) is 7.26. The Kier molecular flexibility index (Phi) is 8.50. The molecule has 0 spiro atoms. The predicted molar refractivity (Wildman–Crippen MR) is 108 cm³/mol. The number of amides is 3. The molecule has 1 aromatic rings. The van der Waals surface area contributed by atoms with E-state index >= 15 is 0 Å². The molecule has 31 heavy (non-hydrogen) atoms. The van der Waals surface area contributed by atoms with Gasteiger partial charge in [-0.25, -0.2) is 0 Å². The van der Waals surface area contributed by atoms with Crippen LogP contribution >= 0.6 is 0 Å². The molecule has 0 radical (unpaired) electrons. The van der Waals surface area contributed by atoms with Crippen molar-refractivity contribution in [3.05, 3.63) is 35.9 Å². The highest BCUT2D eigenvalue weighted by molar-refractivity contribution is 5.95. The third-order valence-corrected chi connectivity index (χ3v) is 4.88. The minimum atomic E-state index is -1.40. The van der Waals surface area contributed by atoms with Gasteiger partial charge in [0.1, 0.15) is 18.6 Å². The van der Waals surface area contributed by atoms with E-state index in [4.69, 9.17) is 10.8 Å². The number of nitrogens with one attached hydrogen (secondary N) is 2. The Bertz CT molecular complexity index is 830. The maximum atomic E-state index is 13.0. The lowest BCUT2D eigenvalue weighted by Crippen LogP contribution is -2.56. The molecule has 0 bridgehead atoms. The van der Waals surface area contributed by atoms with E-state index < -0.39 is 60.8 Å². The Morgan fingerprint density at radius 2 is 1.77 bits per heavy atom. The van der Waals surface area contributed by atoms with Crippen molar-refractivity contribution in [2.45, 2.75) is 43.8 Å². The van der Waals surface area contributed by atoms with E-state index in [1.165, 1.54) is 4.90 Å². The fourth-order valence-corrected chi connectivity index (χ4v) is 3.40. The van der Waals surface area contributed by atoms with Crippen LogP contribution in [-0.2, 0) is 30.4 Å². The van der Waals surface area contributed by atoms with Crippen molar-refractivity contribution in [2.24, 2.45) is 5.73 Å². The Balaban J connectivity index is 2.06. The molecule has 3 amide bonds. The van der Waals surface area contributed by atoms with E-state index in [-0.39, 0.29) is 13.0 Å². The first-order valence-electron chi connectivity index (χ1n) is 9.80. The maximum absolute atomic E-state index is 13.0. The Morgan fingerprint density at radius 3 is 2.39 bits per heavy atom. The number of benzene rings is 1. The summed E-state index contributed by atoms with van der Waals surface area (Å²) >= 11 is 0. The minimum absolute atomic E-state index is 0.187. The number of carboxylic acid groups (broad SMARTS) is 2. The fraction of sp³-hybridized carbons (Fsp3) is 0.450. The van der Waals surface area contributed by atoms with E-state index in [9.17, 15) is 29.1 Å². The Morgan fingerprint density at radius 1 is 1.10 bits per heavy atom. The molecular weight excluding hydrogens is 408 g/mol. The third-order valence-electron chi connectivity index (χ3n) is 4.88. The van der Waals surface area contributed by atoms with Gasteiger partial charge in [0, 0.05) is 6.54 Å². The molecule has 1 fully saturated rings. The highest BCUT2D eigenvalue weighted by atomic mass is 16.4. The van der Waals surface area contributed by atoms with Gasteiger partial charge in [0.05, 0.1) is 12.5 Å². The number of rotatable bonds is 10. The lowest BCUT2D eigenvalue weighted by molar-refractivity contribution is -0.146. The average molecular weight is 434 g/mol. The number of likely N-dealkylation sites (tertiary alicyclic amines) is 1. The molecule has 0 aliphatic carbocycles. The third kappa shape index (κ3) is 7.07. The van der Waals surface area contributed by atoms with E-state index in [0.29, 0.717) is 12.8 Å². The van der Waals surface area contributed by atoms with Crippen LogP contribution in [0.15, 0.2) is 30.3 Å². The van der Waals surface area contributed by atoms with Gasteiger partial charge in [0.15, 0.2) is 0 Å². The minimum Gasteiger partial charge on any atom is -0.481 e. The average Bonchev–Trinajstić information content (AvgIpc) is 3.21. The van der Waals surface area contributed by atoms with E-state index in [1.54, 1.807) is 24.3 Å². The van der Waals surface area contributed by atoms with Gasteiger partial charge >= 0.3 is 11.9 Å². The molecule has 168 valence electrons. The van der Waals surface area contributed by atoms with Crippen molar-refractivity contribution in [1.29, 1.82) is 0 Å². The molecule has 1 aliphatic heterocycles. The molecule has 3 unspecified atom stereocenters. The second kappa shape index (κ2) is 11.1. The number of hydrogen-bond acceptors (Lipinski definition) is 6. The Labute approximate surface area is 178 Å². The molecule has 3 atom stereocenters. The van der Waals surface area contributed by atoms with Gasteiger partial charge in [-0.15, -0.1) is 0 Å². The number of nitrogens with zero attached hydrogens (tertiary/aromatic N) is 1. The first-order valence-corrected chi connectivity index (χ1v) is 9.80. The van der Waals surface area contributed by atoms with E-state index in [1.807, 2.05) is 6.07 Å². The van der Waals surface area contributed by atoms with Gasteiger partial charge in [-0.1, -0.05) is 30.3 Å². The first kappa shape index (κ1) is 23.8. The molecule has 11 nitrogen and oxygen atoms in total. The van der Waals surface area contributed by atoms with Crippen LogP contribution in [0.1, 0.15) is 24.8 Å². The zero-order chi connectivity index (χ0) is 23.0. The van der Waals surface area contributed by atoms with Crippen LogP contribution in [0.3, 0.4) is 0 Å². The molecule has 1 aliphatic rings. The fourth-order valence-electron chi connectivity index (χ4n) is 3.40. The molecule has 1 aromatic carbocycles. The van der Waals surface area contributed by atoms with Crippen LogP contribution in [0, 0.1) is 0 Å². The lowest BCUT2D eigenvalue weighted by atomic mass is 10.0. The summed E-state index contributed by atoms with van der Waals surface area (Å²) in [5.41, 5.74) is 6.73. The summed E-state index contributed by atoms with van der Waals surface area (Å²) < 4.78 is 0. The normalized spacial score (nSPS) is 17.5. The number of aliphatic carboxylic acids is 2. The standard InChI is InChI=1S/C20H26N4O7/c21-13(9-12-5-2-1-3-6-12)18(29)23-14(10-16(25)26)20(31)24-8-4-7-15(24)19(30)22-11-17(27)28/h1-3,5-6,13-15H,4,7-11,21H2,(H,22,30)(H,23,29)(H,25,26)(H,27,28). The van der Waals surface area contributed by atoms with Crippen molar-refractivity contribution >= 4 is 29.7 Å². The quantitative estimate of drug-likeness (QED) is 0.302. The van der Waals surface area contributed by atoms with Crippen LogP contribution in [0.25, 0.3) is 0 Å².